The number of nitrogens with zero attached hydrogens (tertiary/aromatic N) is 1. The summed E-state index contributed by atoms with van der Waals surface area (Å²) in [5.41, 5.74) is 7.73. The summed E-state index contributed by atoms with van der Waals surface area (Å²) in [5, 5.41) is 0.228. The maximum Gasteiger partial charge on any atom is 0.192 e. The van der Waals surface area contributed by atoms with Gasteiger partial charge in [-0.1, -0.05) is 26.8 Å². The van der Waals surface area contributed by atoms with Crippen molar-refractivity contribution in [1.29, 1.82) is 0 Å². The van der Waals surface area contributed by atoms with E-state index in [-0.39, 0.29) is 11.1 Å². The molecule has 3 nitrogen and oxygen atoms in total. The van der Waals surface area contributed by atoms with Crippen LogP contribution in [0.2, 0.25) is 18.1 Å². The molecule has 1 aromatic rings. The van der Waals surface area contributed by atoms with E-state index in [1.165, 1.54) is 0 Å². The van der Waals surface area contributed by atoms with Gasteiger partial charge in [0.25, 0.3) is 0 Å². The highest BCUT2D eigenvalue weighted by molar-refractivity contribution is 6.74. The normalized spacial score (nSPS) is 14.6. The zero-order valence-corrected chi connectivity index (χ0v) is 13.4. The van der Waals surface area contributed by atoms with Gasteiger partial charge in [-0.15, -0.1) is 0 Å². The Bertz CT molecular complexity index is 397. The van der Waals surface area contributed by atoms with E-state index in [1.54, 1.807) is 0 Å². The van der Waals surface area contributed by atoms with E-state index in [0.29, 0.717) is 6.61 Å². The third kappa shape index (κ3) is 3.90. The molecule has 0 amide bonds. The van der Waals surface area contributed by atoms with Gasteiger partial charge in [0.05, 0.1) is 18.0 Å². The minimum Gasteiger partial charge on any atom is -0.411 e. The second-order valence-corrected chi connectivity index (χ2v) is 11.2. The average Bonchev–Trinajstić information content (AvgIpc) is 2.25. The molecule has 0 aliphatic heterocycles. The number of rotatable bonds is 4. The Morgan fingerprint density at radius 2 is 1.94 bits per heavy atom. The minimum absolute atomic E-state index is 0.0298. The van der Waals surface area contributed by atoms with Gasteiger partial charge in [-0.3, -0.25) is 4.98 Å². The van der Waals surface area contributed by atoms with Crippen LogP contribution in [0.1, 0.15) is 45.1 Å². The summed E-state index contributed by atoms with van der Waals surface area (Å²) in [6, 6.07) is 5.92. The van der Waals surface area contributed by atoms with Crippen LogP contribution in [-0.2, 0) is 11.0 Å². The highest BCUT2D eigenvalue weighted by Crippen LogP contribution is 2.36. The first-order chi connectivity index (χ1) is 8.13. The fourth-order valence-electron chi connectivity index (χ4n) is 1.30. The summed E-state index contributed by atoms with van der Waals surface area (Å²) in [6.07, 6.45) is 0. The highest BCUT2D eigenvalue weighted by Gasteiger charge is 2.37. The second-order valence-electron chi connectivity index (χ2n) is 6.39. The maximum absolute atomic E-state index is 6.15. The van der Waals surface area contributed by atoms with Crippen molar-refractivity contribution in [3.8, 4) is 0 Å². The molecule has 0 bridgehead atoms. The number of hydrogen-bond donors (Lipinski definition) is 1. The maximum atomic E-state index is 6.15. The van der Waals surface area contributed by atoms with Gasteiger partial charge in [-0.2, -0.15) is 0 Å². The monoisotopic (exact) mass is 266 g/mol. The Kier molecular flexibility index (Phi) is 4.70. The number of hydrogen-bond acceptors (Lipinski definition) is 3. The summed E-state index contributed by atoms with van der Waals surface area (Å²) >= 11 is 0. The van der Waals surface area contributed by atoms with Gasteiger partial charge < -0.3 is 10.2 Å². The third-order valence-electron chi connectivity index (χ3n) is 3.68. The van der Waals surface area contributed by atoms with Gasteiger partial charge in [0, 0.05) is 6.04 Å². The zero-order valence-electron chi connectivity index (χ0n) is 12.4. The van der Waals surface area contributed by atoms with Crippen molar-refractivity contribution in [2.75, 3.05) is 0 Å². The van der Waals surface area contributed by atoms with Crippen LogP contribution in [0.3, 0.4) is 0 Å². The lowest BCUT2D eigenvalue weighted by Crippen LogP contribution is -2.40. The molecule has 1 aromatic heterocycles. The predicted molar refractivity (Wildman–Crippen MR) is 78.8 cm³/mol. The molecule has 2 N–H and O–H groups in total. The van der Waals surface area contributed by atoms with Gasteiger partial charge >= 0.3 is 0 Å². The molecule has 0 aromatic carbocycles. The Morgan fingerprint density at radius 3 is 2.44 bits per heavy atom. The van der Waals surface area contributed by atoms with E-state index in [1.807, 2.05) is 25.1 Å². The summed E-state index contributed by atoms with van der Waals surface area (Å²) in [4.78, 5) is 4.53. The molecule has 0 aliphatic carbocycles. The van der Waals surface area contributed by atoms with Crippen molar-refractivity contribution in [3.63, 3.8) is 0 Å². The largest absolute Gasteiger partial charge is 0.411 e. The van der Waals surface area contributed by atoms with Crippen molar-refractivity contribution in [3.05, 3.63) is 29.6 Å². The topological polar surface area (TPSA) is 48.1 Å². The smallest absolute Gasteiger partial charge is 0.192 e. The van der Waals surface area contributed by atoms with Crippen molar-refractivity contribution < 1.29 is 4.43 Å². The Balaban J connectivity index is 2.72. The molecule has 0 fully saturated rings. The molecule has 0 saturated carbocycles. The van der Waals surface area contributed by atoms with Crippen LogP contribution in [0.4, 0.5) is 0 Å². The SMILES string of the molecule is C[C@H](N)c1cccc(CO[Si](C)(C)C(C)(C)C)n1. The van der Waals surface area contributed by atoms with Gasteiger partial charge in [-0.25, -0.2) is 0 Å². The van der Waals surface area contributed by atoms with E-state index in [9.17, 15) is 0 Å². The van der Waals surface area contributed by atoms with E-state index in [0.717, 1.165) is 11.4 Å². The van der Waals surface area contributed by atoms with Crippen molar-refractivity contribution in [1.82, 2.24) is 4.98 Å². The Hall–Kier alpha value is -0.713. The first-order valence-corrected chi connectivity index (χ1v) is 9.40. The van der Waals surface area contributed by atoms with E-state index in [2.05, 4.69) is 38.8 Å². The van der Waals surface area contributed by atoms with Crippen molar-refractivity contribution in [2.45, 2.75) is 58.5 Å². The fourth-order valence-corrected chi connectivity index (χ4v) is 2.24. The molecule has 0 aliphatic rings. The number of nitrogens with two attached hydrogens (primary N) is 1. The van der Waals surface area contributed by atoms with Crippen LogP contribution >= 0.6 is 0 Å². The standard InChI is InChI=1S/C14H26N2OSi/c1-11(15)13-9-7-8-12(16-13)10-17-18(5,6)14(2,3)4/h7-9,11H,10,15H2,1-6H3/t11-/m0/s1. The van der Waals surface area contributed by atoms with Crippen LogP contribution in [0.5, 0.6) is 0 Å². The Labute approximate surface area is 112 Å². The highest BCUT2D eigenvalue weighted by atomic mass is 28.4. The molecule has 0 spiro atoms. The van der Waals surface area contributed by atoms with Crippen LogP contribution in [0.25, 0.3) is 0 Å². The fraction of sp³-hybridized carbons (Fsp3) is 0.643. The molecule has 18 heavy (non-hydrogen) atoms. The van der Waals surface area contributed by atoms with Gasteiger partial charge in [-0.05, 0) is 37.2 Å². The molecule has 0 radical (unpaired) electrons. The molecular formula is C14H26N2OSi. The molecule has 4 heteroatoms. The molecule has 1 heterocycles. The summed E-state index contributed by atoms with van der Waals surface area (Å²) < 4.78 is 6.15. The Morgan fingerprint density at radius 1 is 1.33 bits per heavy atom. The first kappa shape index (κ1) is 15.3. The molecular weight excluding hydrogens is 240 g/mol. The summed E-state index contributed by atoms with van der Waals surface area (Å²) in [7, 11) is -1.70. The molecule has 0 unspecified atom stereocenters. The molecule has 1 rings (SSSR count). The molecule has 0 saturated heterocycles. The van der Waals surface area contributed by atoms with E-state index >= 15 is 0 Å². The number of aromatic nitrogens is 1. The lowest BCUT2D eigenvalue weighted by Gasteiger charge is -2.36. The lowest BCUT2D eigenvalue weighted by atomic mass is 10.2. The van der Waals surface area contributed by atoms with Crippen molar-refractivity contribution in [2.24, 2.45) is 5.73 Å². The minimum atomic E-state index is -1.70. The lowest BCUT2D eigenvalue weighted by molar-refractivity contribution is 0.271. The van der Waals surface area contributed by atoms with Crippen LogP contribution < -0.4 is 5.73 Å². The average molecular weight is 266 g/mol. The van der Waals surface area contributed by atoms with Crippen LogP contribution in [0, 0.1) is 0 Å². The van der Waals surface area contributed by atoms with Gasteiger partial charge in [0.1, 0.15) is 0 Å². The van der Waals surface area contributed by atoms with Crippen molar-refractivity contribution >= 4 is 8.32 Å². The summed E-state index contributed by atoms with van der Waals surface area (Å²) in [6.45, 7) is 13.8. The van der Waals surface area contributed by atoms with E-state index < -0.39 is 8.32 Å². The molecule has 1 atom stereocenters. The first-order valence-electron chi connectivity index (χ1n) is 6.49. The zero-order chi connectivity index (χ0) is 14.0. The second kappa shape index (κ2) is 5.51. The van der Waals surface area contributed by atoms with E-state index in [4.69, 9.17) is 10.2 Å². The number of pyridine rings is 1. The molecule has 102 valence electrons. The van der Waals surface area contributed by atoms with Gasteiger partial charge in [0.2, 0.25) is 0 Å². The van der Waals surface area contributed by atoms with Gasteiger partial charge in [0.15, 0.2) is 8.32 Å². The third-order valence-corrected chi connectivity index (χ3v) is 8.16. The van der Waals surface area contributed by atoms with Crippen LogP contribution in [0.15, 0.2) is 18.2 Å². The predicted octanol–water partition coefficient (Wildman–Crippen LogP) is 3.62. The summed E-state index contributed by atoms with van der Waals surface area (Å²) in [5.74, 6) is 0. The van der Waals surface area contributed by atoms with Crippen LogP contribution in [-0.4, -0.2) is 13.3 Å². The quantitative estimate of drug-likeness (QED) is 0.847.